The molecule has 3 heteroatoms. The first-order chi connectivity index (χ1) is 10.7. The van der Waals surface area contributed by atoms with Crippen molar-refractivity contribution < 1.29 is 14.6 Å². The molecule has 4 fully saturated rings. The maximum Gasteiger partial charge on any atom is 0.309 e. The normalized spacial score (nSPS) is 55.8. The second-order valence-corrected chi connectivity index (χ2v) is 8.50. The highest BCUT2D eigenvalue weighted by atomic mass is 16.5. The molecule has 0 aromatic heterocycles. The average molecular weight is 302 g/mol. The molecule has 0 radical (unpaired) electrons. The van der Waals surface area contributed by atoms with Crippen LogP contribution in [0.1, 0.15) is 45.4 Å². The van der Waals surface area contributed by atoms with E-state index in [9.17, 15) is 9.90 Å². The van der Waals surface area contributed by atoms with Gasteiger partial charge in [0.2, 0.25) is 0 Å². The third-order valence-corrected chi connectivity index (χ3v) is 7.94. The molecule has 8 unspecified atom stereocenters. The topological polar surface area (TPSA) is 46.5 Å². The van der Waals surface area contributed by atoms with Gasteiger partial charge < -0.3 is 9.84 Å². The first-order valence-corrected chi connectivity index (χ1v) is 9.22. The van der Waals surface area contributed by atoms with E-state index in [1.165, 1.54) is 38.5 Å². The molecule has 0 aromatic rings. The van der Waals surface area contributed by atoms with Gasteiger partial charge >= 0.3 is 5.97 Å². The average Bonchev–Trinajstić information content (AvgIpc) is 3.24. The molecule has 3 aliphatic carbocycles. The summed E-state index contributed by atoms with van der Waals surface area (Å²) < 4.78 is 6.44. The Morgan fingerprint density at radius 2 is 2.00 bits per heavy atom. The Balaban J connectivity index is 1.60. The fourth-order valence-corrected chi connectivity index (χ4v) is 7.43. The van der Waals surface area contributed by atoms with E-state index in [-0.39, 0.29) is 29.5 Å². The molecule has 5 aliphatic rings. The lowest BCUT2D eigenvalue weighted by atomic mass is 9.49. The Labute approximate surface area is 132 Å². The lowest BCUT2D eigenvalue weighted by Crippen LogP contribution is -2.55. The number of allylic oxidation sites excluding steroid dienone is 2. The summed E-state index contributed by atoms with van der Waals surface area (Å²) in [6.07, 6.45) is 13.0. The summed E-state index contributed by atoms with van der Waals surface area (Å²) in [6, 6.07) is 0. The van der Waals surface area contributed by atoms with Gasteiger partial charge in [-0.15, -0.1) is 0 Å². The molecule has 0 spiro atoms. The van der Waals surface area contributed by atoms with Gasteiger partial charge in [-0.25, -0.2) is 0 Å². The van der Waals surface area contributed by atoms with Crippen LogP contribution in [0.15, 0.2) is 12.2 Å². The minimum atomic E-state index is -0.635. The molecular weight excluding hydrogens is 276 g/mol. The molecule has 0 amide bonds. The smallest absolute Gasteiger partial charge is 0.309 e. The molecule has 2 saturated heterocycles. The summed E-state index contributed by atoms with van der Waals surface area (Å²) in [5.41, 5.74) is 0.274. The van der Waals surface area contributed by atoms with Gasteiger partial charge in [0.15, 0.2) is 0 Å². The van der Waals surface area contributed by atoms with Crippen LogP contribution in [0.3, 0.4) is 0 Å². The molecule has 1 N–H and O–H groups in total. The zero-order valence-corrected chi connectivity index (χ0v) is 13.3. The monoisotopic (exact) mass is 302 g/mol. The fraction of sp³-hybridized carbons (Fsp3) is 0.842. The molecule has 2 saturated carbocycles. The predicted octanol–water partition coefficient (Wildman–Crippen LogP) is 3.49. The Bertz CT molecular complexity index is 535. The number of hydrogen-bond donors (Lipinski definition) is 1. The van der Waals surface area contributed by atoms with E-state index in [0.29, 0.717) is 17.8 Å². The molecular formula is C19H26O3. The third kappa shape index (κ3) is 1.36. The van der Waals surface area contributed by atoms with Crippen molar-refractivity contribution in [2.75, 3.05) is 0 Å². The number of carbonyl (C=O) groups is 1. The number of fused-ring (bicyclic) bond motifs is 9. The van der Waals surface area contributed by atoms with Gasteiger partial charge in [0, 0.05) is 11.3 Å². The molecule has 2 heterocycles. The summed E-state index contributed by atoms with van der Waals surface area (Å²) in [5, 5.41) is 9.69. The van der Waals surface area contributed by atoms with E-state index in [1.54, 1.807) is 0 Å². The van der Waals surface area contributed by atoms with Crippen LogP contribution in [0.25, 0.3) is 0 Å². The molecule has 4 bridgehead atoms. The number of ether oxygens (including phenoxy) is 1. The van der Waals surface area contributed by atoms with Gasteiger partial charge in [-0.2, -0.15) is 0 Å². The predicted molar refractivity (Wildman–Crippen MR) is 82.2 cm³/mol. The van der Waals surface area contributed by atoms with Crippen LogP contribution in [0.4, 0.5) is 0 Å². The van der Waals surface area contributed by atoms with Crippen LogP contribution in [0.5, 0.6) is 0 Å². The SMILES string of the molecule is CC1C(C(=O)O)C2OC1C1(C3CCCCC3)C3C=CC(C3)C21. The molecule has 0 aromatic carbocycles. The zero-order valence-electron chi connectivity index (χ0n) is 13.3. The number of hydrogen-bond acceptors (Lipinski definition) is 2. The minimum Gasteiger partial charge on any atom is -0.481 e. The second kappa shape index (κ2) is 4.37. The van der Waals surface area contributed by atoms with Gasteiger partial charge in [-0.05, 0) is 42.9 Å². The van der Waals surface area contributed by atoms with Crippen LogP contribution in [0.2, 0.25) is 0 Å². The first kappa shape index (κ1) is 13.6. The lowest BCUT2D eigenvalue weighted by Gasteiger charge is -2.52. The zero-order chi connectivity index (χ0) is 15.1. The molecule has 3 nitrogen and oxygen atoms in total. The van der Waals surface area contributed by atoms with Crippen molar-refractivity contribution in [3.63, 3.8) is 0 Å². The Hall–Kier alpha value is -0.830. The van der Waals surface area contributed by atoms with Crippen molar-refractivity contribution >= 4 is 5.97 Å². The Morgan fingerprint density at radius 1 is 1.23 bits per heavy atom. The fourth-order valence-electron chi connectivity index (χ4n) is 7.43. The quantitative estimate of drug-likeness (QED) is 0.794. The van der Waals surface area contributed by atoms with Crippen molar-refractivity contribution in [3.05, 3.63) is 12.2 Å². The van der Waals surface area contributed by atoms with Gasteiger partial charge in [0.1, 0.15) is 0 Å². The van der Waals surface area contributed by atoms with Crippen molar-refractivity contribution in [2.45, 2.75) is 57.7 Å². The summed E-state index contributed by atoms with van der Waals surface area (Å²) >= 11 is 0. The van der Waals surface area contributed by atoms with Gasteiger partial charge in [-0.1, -0.05) is 38.3 Å². The molecule has 22 heavy (non-hydrogen) atoms. The maximum atomic E-state index is 11.8. The van der Waals surface area contributed by atoms with E-state index in [2.05, 4.69) is 19.1 Å². The van der Waals surface area contributed by atoms with Gasteiger partial charge in [0.05, 0.1) is 18.1 Å². The number of carboxylic acids is 1. The Morgan fingerprint density at radius 3 is 2.73 bits per heavy atom. The van der Waals surface area contributed by atoms with Crippen molar-refractivity contribution in [3.8, 4) is 0 Å². The summed E-state index contributed by atoms with van der Waals surface area (Å²) in [7, 11) is 0. The van der Waals surface area contributed by atoms with E-state index in [1.807, 2.05) is 0 Å². The summed E-state index contributed by atoms with van der Waals surface area (Å²) in [6.45, 7) is 2.14. The van der Waals surface area contributed by atoms with E-state index < -0.39 is 5.97 Å². The van der Waals surface area contributed by atoms with E-state index >= 15 is 0 Å². The summed E-state index contributed by atoms with van der Waals surface area (Å²) in [4.78, 5) is 11.8. The largest absolute Gasteiger partial charge is 0.481 e. The molecule has 120 valence electrons. The number of aliphatic carboxylic acids is 1. The van der Waals surface area contributed by atoms with Crippen LogP contribution in [0, 0.1) is 40.9 Å². The highest BCUT2D eigenvalue weighted by molar-refractivity contribution is 5.72. The van der Waals surface area contributed by atoms with Gasteiger partial charge in [0.25, 0.3) is 0 Å². The highest BCUT2D eigenvalue weighted by Crippen LogP contribution is 2.73. The van der Waals surface area contributed by atoms with Crippen LogP contribution in [-0.4, -0.2) is 23.3 Å². The number of rotatable bonds is 2. The van der Waals surface area contributed by atoms with Crippen LogP contribution < -0.4 is 0 Å². The highest BCUT2D eigenvalue weighted by Gasteiger charge is 2.75. The lowest BCUT2D eigenvalue weighted by molar-refractivity contribution is -0.147. The summed E-state index contributed by atoms with van der Waals surface area (Å²) in [5.74, 6) is 1.73. The minimum absolute atomic E-state index is 0.0284. The first-order valence-electron chi connectivity index (χ1n) is 9.22. The third-order valence-electron chi connectivity index (χ3n) is 7.94. The van der Waals surface area contributed by atoms with Crippen molar-refractivity contribution in [1.29, 1.82) is 0 Å². The molecule has 2 aliphatic heterocycles. The maximum absolute atomic E-state index is 11.8. The van der Waals surface area contributed by atoms with Crippen LogP contribution in [-0.2, 0) is 9.53 Å². The Kier molecular flexibility index (Phi) is 2.70. The standard InChI is InChI=1S/C19H26O3/c1-10-14(18(20)21)16-15-11-7-8-13(9-11)19(15,17(10)22-16)12-5-3-2-4-6-12/h7-8,10-17H,2-6,9H2,1H3,(H,20,21). The van der Waals surface area contributed by atoms with E-state index in [0.717, 1.165) is 5.92 Å². The molecule has 5 rings (SSSR count). The van der Waals surface area contributed by atoms with Crippen LogP contribution >= 0.6 is 0 Å². The van der Waals surface area contributed by atoms with Gasteiger partial charge in [-0.3, -0.25) is 4.79 Å². The molecule has 8 atom stereocenters. The van der Waals surface area contributed by atoms with Crippen molar-refractivity contribution in [2.24, 2.45) is 40.9 Å². The number of carboxylic acid groups (broad SMARTS) is 1. The second-order valence-electron chi connectivity index (χ2n) is 8.50. The van der Waals surface area contributed by atoms with Crippen molar-refractivity contribution in [1.82, 2.24) is 0 Å². The van der Waals surface area contributed by atoms with E-state index in [4.69, 9.17) is 4.74 Å².